The lowest BCUT2D eigenvalue weighted by atomic mass is 10.1. The van der Waals surface area contributed by atoms with Gasteiger partial charge in [-0.1, -0.05) is 32.5 Å². The van der Waals surface area contributed by atoms with Gasteiger partial charge in [0.25, 0.3) is 0 Å². The second kappa shape index (κ2) is 11.0. The number of nitrogens with one attached hydrogen (secondary N) is 2. The Labute approximate surface area is 218 Å². The molecule has 4 rings (SSSR count). The highest BCUT2D eigenvalue weighted by atomic mass is 32.2. The Morgan fingerprint density at radius 2 is 1.86 bits per heavy atom. The summed E-state index contributed by atoms with van der Waals surface area (Å²) in [6.07, 6.45) is 2.53. The molecule has 0 radical (unpaired) electrons. The van der Waals surface area contributed by atoms with Gasteiger partial charge in [0.15, 0.2) is 0 Å². The molecular formula is C25H36N6O3S2. The molecule has 1 aromatic carbocycles. The summed E-state index contributed by atoms with van der Waals surface area (Å²) in [6, 6.07) is 5.13. The van der Waals surface area contributed by atoms with Gasteiger partial charge in [-0.2, -0.15) is 9.40 Å². The second-order valence-electron chi connectivity index (χ2n) is 9.42. The number of ether oxygens (including phenoxy) is 1. The zero-order chi connectivity index (χ0) is 26.0. The summed E-state index contributed by atoms with van der Waals surface area (Å²) >= 11 is 5.73. The molecule has 0 bridgehead atoms. The maximum atomic E-state index is 13.6. The highest BCUT2D eigenvalue weighted by Gasteiger charge is 2.32. The van der Waals surface area contributed by atoms with Crippen LogP contribution in [-0.4, -0.2) is 64.3 Å². The van der Waals surface area contributed by atoms with Crippen molar-refractivity contribution in [2.24, 2.45) is 0 Å². The average Bonchev–Trinajstić information content (AvgIpc) is 3.20. The molecular weight excluding hydrogens is 496 g/mol. The molecule has 3 aromatic rings. The number of H-pyrrole nitrogens is 1. The number of hydrogen-bond donors (Lipinski definition) is 2. The highest BCUT2D eigenvalue weighted by Crippen LogP contribution is 2.33. The first-order valence-corrected chi connectivity index (χ1v) is 14.6. The van der Waals surface area contributed by atoms with Crippen molar-refractivity contribution < 1.29 is 13.2 Å². The SMILES string of the molecule is CCCOc1ccc(S(=O)(=O)N2CC(C)NC(C)C2)cc1-c1nc2c(CCC)nn(CC)c2c(=S)[nH]1. The van der Waals surface area contributed by atoms with E-state index in [0.29, 0.717) is 48.0 Å². The molecule has 2 unspecified atom stereocenters. The van der Waals surface area contributed by atoms with Crippen molar-refractivity contribution in [2.45, 2.75) is 77.4 Å². The Morgan fingerprint density at radius 3 is 2.50 bits per heavy atom. The van der Waals surface area contributed by atoms with Gasteiger partial charge in [0.2, 0.25) is 10.0 Å². The van der Waals surface area contributed by atoms with Crippen molar-refractivity contribution in [2.75, 3.05) is 19.7 Å². The number of hydrogen-bond acceptors (Lipinski definition) is 7. The molecule has 196 valence electrons. The maximum Gasteiger partial charge on any atom is 0.243 e. The first kappa shape index (κ1) is 26.7. The fourth-order valence-electron chi connectivity index (χ4n) is 4.73. The zero-order valence-corrected chi connectivity index (χ0v) is 23.3. The second-order valence-corrected chi connectivity index (χ2v) is 11.8. The lowest BCUT2D eigenvalue weighted by Gasteiger charge is -2.35. The summed E-state index contributed by atoms with van der Waals surface area (Å²) in [7, 11) is -3.71. The normalized spacial score (nSPS) is 19.1. The van der Waals surface area contributed by atoms with E-state index < -0.39 is 10.0 Å². The number of benzene rings is 1. The van der Waals surface area contributed by atoms with Crippen molar-refractivity contribution in [3.05, 3.63) is 28.5 Å². The zero-order valence-electron chi connectivity index (χ0n) is 21.7. The number of piperazine rings is 1. The molecule has 2 N–H and O–H groups in total. The number of sulfonamides is 1. The summed E-state index contributed by atoms with van der Waals surface area (Å²) in [4.78, 5) is 8.36. The third-order valence-corrected chi connectivity index (χ3v) is 8.41. The maximum absolute atomic E-state index is 13.6. The van der Waals surface area contributed by atoms with Gasteiger partial charge in [-0.15, -0.1) is 0 Å². The molecule has 36 heavy (non-hydrogen) atoms. The minimum absolute atomic E-state index is 0.0717. The van der Waals surface area contributed by atoms with Gasteiger partial charge < -0.3 is 15.0 Å². The van der Waals surface area contributed by atoms with E-state index in [2.05, 4.69) is 17.2 Å². The van der Waals surface area contributed by atoms with Crippen molar-refractivity contribution in [3.63, 3.8) is 0 Å². The number of aromatic amines is 1. The summed E-state index contributed by atoms with van der Waals surface area (Å²) in [6.45, 7) is 12.2. The number of aryl methyl sites for hydroxylation is 2. The van der Waals surface area contributed by atoms with Crippen LogP contribution in [0.2, 0.25) is 0 Å². The van der Waals surface area contributed by atoms with E-state index in [9.17, 15) is 8.42 Å². The predicted octanol–water partition coefficient (Wildman–Crippen LogP) is 4.29. The lowest BCUT2D eigenvalue weighted by molar-refractivity contribution is 0.263. The van der Waals surface area contributed by atoms with Gasteiger partial charge in [-0.05, 0) is 51.8 Å². The predicted molar refractivity (Wildman–Crippen MR) is 144 cm³/mol. The van der Waals surface area contributed by atoms with Gasteiger partial charge in [-0.3, -0.25) is 4.68 Å². The molecule has 1 aliphatic rings. The molecule has 0 spiro atoms. The molecule has 2 atom stereocenters. The van der Waals surface area contributed by atoms with Crippen molar-refractivity contribution in [1.82, 2.24) is 29.4 Å². The third-order valence-electron chi connectivity index (χ3n) is 6.28. The van der Waals surface area contributed by atoms with Crippen LogP contribution in [0.25, 0.3) is 22.4 Å². The molecule has 11 heteroatoms. The summed E-state index contributed by atoms with van der Waals surface area (Å²) < 4.78 is 37.2. The van der Waals surface area contributed by atoms with Crippen molar-refractivity contribution >= 4 is 33.3 Å². The number of fused-ring (bicyclic) bond motifs is 1. The lowest BCUT2D eigenvalue weighted by Crippen LogP contribution is -2.55. The Kier molecular flexibility index (Phi) is 8.13. The van der Waals surface area contributed by atoms with E-state index in [-0.39, 0.29) is 17.0 Å². The summed E-state index contributed by atoms with van der Waals surface area (Å²) in [5, 5.41) is 8.11. The molecule has 1 aliphatic heterocycles. The van der Waals surface area contributed by atoms with Gasteiger partial charge in [0, 0.05) is 31.7 Å². The molecule has 2 aromatic heterocycles. The Bertz CT molecular complexity index is 1390. The number of aromatic nitrogens is 4. The summed E-state index contributed by atoms with van der Waals surface area (Å²) in [5.74, 6) is 1.04. The van der Waals surface area contributed by atoms with E-state index in [0.717, 1.165) is 36.0 Å². The minimum atomic E-state index is -3.71. The number of nitrogens with zero attached hydrogens (tertiary/aromatic N) is 4. The fraction of sp³-hybridized carbons (Fsp3) is 0.560. The molecule has 0 aliphatic carbocycles. The van der Waals surface area contributed by atoms with Gasteiger partial charge >= 0.3 is 0 Å². The largest absolute Gasteiger partial charge is 0.493 e. The van der Waals surface area contributed by atoms with E-state index >= 15 is 0 Å². The standard InChI is InChI=1S/C25H36N6O3S2/c1-6-9-20-22-23(31(8-3)29-20)25(35)28-24(27-22)19-13-18(10-11-21(19)34-12-7-2)36(32,33)30-14-16(4)26-17(5)15-30/h10-11,13,16-17,26H,6-9,12,14-15H2,1-5H3,(H,27,28,35). The van der Waals surface area contributed by atoms with Crippen LogP contribution < -0.4 is 10.1 Å². The van der Waals surface area contributed by atoms with E-state index in [1.807, 2.05) is 32.4 Å². The van der Waals surface area contributed by atoms with E-state index in [1.54, 1.807) is 22.5 Å². The van der Waals surface area contributed by atoms with Crippen molar-refractivity contribution in [3.8, 4) is 17.1 Å². The molecule has 1 fully saturated rings. The van der Waals surface area contributed by atoms with Crippen LogP contribution in [0, 0.1) is 4.64 Å². The first-order chi connectivity index (χ1) is 17.2. The van der Waals surface area contributed by atoms with Crippen molar-refractivity contribution in [1.29, 1.82) is 0 Å². The quantitative estimate of drug-likeness (QED) is 0.396. The molecule has 0 saturated carbocycles. The van der Waals surface area contributed by atoms with E-state index in [4.69, 9.17) is 27.0 Å². The Hall–Kier alpha value is -2.34. The van der Waals surface area contributed by atoms with Crippen LogP contribution in [0.4, 0.5) is 0 Å². The first-order valence-electron chi connectivity index (χ1n) is 12.7. The van der Waals surface area contributed by atoms with Crippen LogP contribution in [0.1, 0.15) is 53.2 Å². The molecule has 3 heterocycles. The average molecular weight is 533 g/mol. The smallest absolute Gasteiger partial charge is 0.243 e. The van der Waals surface area contributed by atoms with Crippen LogP contribution in [0.3, 0.4) is 0 Å². The molecule has 0 amide bonds. The fourth-order valence-corrected chi connectivity index (χ4v) is 6.67. The highest BCUT2D eigenvalue weighted by molar-refractivity contribution is 7.89. The van der Waals surface area contributed by atoms with Gasteiger partial charge in [0.1, 0.15) is 27.2 Å². The van der Waals surface area contributed by atoms with Crippen LogP contribution >= 0.6 is 12.2 Å². The number of rotatable bonds is 9. The van der Waals surface area contributed by atoms with Crippen LogP contribution in [-0.2, 0) is 23.0 Å². The Morgan fingerprint density at radius 1 is 1.14 bits per heavy atom. The van der Waals surface area contributed by atoms with Crippen LogP contribution in [0.5, 0.6) is 5.75 Å². The van der Waals surface area contributed by atoms with Gasteiger partial charge in [0.05, 0.1) is 22.8 Å². The third kappa shape index (κ3) is 5.20. The molecule has 9 nitrogen and oxygen atoms in total. The van der Waals surface area contributed by atoms with E-state index in [1.165, 1.54) is 0 Å². The Balaban J connectivity index is 1.87. The van der Waals surface area contributed by atoms with Crippen LogP contribution in [0.15, 0.2) is 23.1 Å². The molecule has 1 saturated heterocycles. The summed E-state index contributed by atoms with van der Waals surface area (Å²) in [5.41, 5.74) is 3.00. The minimum Gasteiger partial charge on any atom is -0.493 e. The van der Waals surface area contributed by atoms with Gasteiger partial charge in [-0.25, -0.2) is 13.4 Å². The topological polar surface area (TPSA) is 105 Å². The monoisotopic (exact) mass is 532 g/mol.